The van der Waals surface area contributed by atoms with Gasteiger partial charge in [0.1, 0.15) is 11.0 Å². The van der Waals surface area contributed by atoms with E-state index in [1.807, 2.05) is 24.3 Å². The molecule has 0 bridgehead atoms. The van der Waals surface area contributed by atoms with Gasteiger partial charge in [-0.05, 0) is 37.0 Å². The third kappa shape index (κ3) is 3.26. The SMILES string of the molecule is Cn1c(=O)[nH]c2c(c1=O)CCC(Cc1ccc(Cl)cc1)C(Cl)=N2. The number of halogens is 2. The van der Waals surface area contributed by atoms with Gasteiger partial charge in [0.05, 0.1) is 5.56 Å². The lowest BCUT2D eigenvalue weighted by Gasteiger charge is -2.13. The van der Waals surface area contributed by atoms with E-state index in [9.17, 15) is 9.59 Å². The zero-order valence-electron chi connectivity index (χ0n) is 12.5. The monoisotopic (exact) mass is 351 g/mol. The molecule has 7 heteroatoms. The minimum atomic E-state index is -0.488. The second-order valence-corrected chi connectivity index (χ2v) is 6.45. The number of H-pyrrole nitrogens is 1. The summed E-state index contributed by atoms with van der Waals surface area (Å²) in [5, 5.41) is 1.09. The van der Waals surface area contributed by atoms with Gasteiger partial charge in [0.25, 0.3) is 5.56 Å². The highest BCUT2D eigenvalue weighted by Gasteiger charge is 2.23. The number of benzene rings is 1. The second kappa shape index (κ2) is 6.34. The Bertz CT molecular complexity index is 882. The zero-order valence-corrected chi connectivity index (χ0v) is 14.0. The first-order chi connectivity index (χ1) is 11.0. The molecule has 1 aromatic carbocycles. The molecule has 1 N–H and O–H groups in total. The summed E-state index contributed by atoms with van der Waals surface area (Å²) in [7, 11) is 1.45. The molecular weight excluding hydrogens is 337 g/mol. The molecular formula is C16H15Cl2N3O2. The molecule has 0 spiro atoms. The first-order valence-corrected chi connectivity index (χ1v) is 8.02. The van der Waals surface area contributed by atoms with Crippen LogP contribution >= 0.6 is 23.2 Å². The number of nitrogens with one attached hydrogen (secondary N) is 1. The Kier molecular flexibility index (Phi) is 4.41. The van der Waals surface area contributed by atoms with E-state index >= 15 is 0 Å². The first-order valence-electron chi connectivity index (χ1n) is 7.26. The van der Waals surface area contributed by atoms with E-state index in [1.54, 1.807) is 0 Å². The Hall–Kier alpha value is -1.85. The number of fused-ring (bicyclic) bond motifs is 1. The van der Waals surface area contributed by atoms with Crippen molar-refractivity contribution in [2.75, 3.05) is 0 Å². The van der Waals surface area contributed by atoms with Crippen LogP contribution in [0.5, 0.6) is 0 Å². The molecule has 1 aromatic heterocycles. The molecule has 0 saturated carbocycles. The lowest BCUT2D eigenvalue weighted by atomic mass is 9.95. The number of rotatable bonds is 2. The molecule has 5 nitrogen and oxygen atoms in total. The summed E-state index contributed by atoms with van der Waals surface area (Å²) in [4.78, 5) is 30.8. The summed E-state index contributed by atoms with van der Waals surface area (Å²) in [6.45, 7) is 0. The van der Waals surface area contributed by atoms with Crippen molar-refractivity contribution in [3.05, 3.63) is 61.3 Å². The van der Waals surface area contributed by atoms with Crippen LogP contribution in [0.1, 0.15) is 17.5 Å². The van der Waals surface area contributed by atoms with Crippen molar-refractivity contribution in [3.63, 3.8) is 0 Å². The molecule has 1 aliphatic heterocycles. The van der Waals surface area contributed by atoms with Crippen LogP contribution in [0.15, 0.2) is 38.8 Å². The van der Waals surface area contributed by atoms with E-state index in [1.165, 1.54) is 7.05 Å². The maximum atomic E-state index is 12.2. The number of aromatic nitrogens is 2. The van der Waals surface area contributed by atoms with Crippen LogP contribution in [0.3, 0.4) is 0 Å². The minimum absolute atomic E-state index is 0.00143. The maximum Gasteiger partial charge on any atom is 0.329 e. The molecule has 1 atom stereocenters. The second-order valence-electron chi connectivity index (χ2n) is 5.62. The number of aromatic amines is 1. The topological polar surface area (TPSA) is 67.2 Å². The molecule has 2 heterocycles. The maximum absolute atomic E-state index is 12.2. The molecule has 0 radical (unpaired) electrons. The molecule has 0 aliphatic carbocycles. The fourth-order valence-corrected chi connectivity index (χ4v) is 3.10. The smallest absolute Gasteiger partial charge is 0.291 e. The Labute approximate surface area is 142 Å². The highest BCUT2D eigenvalue weighted by molar-refractivity contribution is 6.66. The third-order valence-electron chi connectivity index (χ3n) is 4.07. The van der Waals surface area contributed by atoms with Gasteiger partial charge in [-0.25, -0.2) is 9.79 Å². The lowest BCUT2D eigenvalue weighted by molar-refractivity contribution is 0.626. The van der Waals surface area contributed by atoms with E-state index < -0.39 is 5.69 Å². The average Bonchev–Trinajstić information content (AvgIpc) is 2.67. The first kappa shape index (κ1) is 16.0. The Balaban J connectivity index is 1.93. The Morgan fingerprint density at radius 3 is 2.65 bits per heavy atom. The highest BCUT2D eigenvalue weighted by Crippen LogP contribution is 2.27. The summed E-state index contributed by atoms with van der Waals surface area (Å²) in [6, 6.07) is 7.57. The van der Waals surface area contributed by atoms with Crippen molar-refractivity contribution in [3.8, 4) is 0 Å². The van der Waals surface area contributed by atoms with E-state index in [2.05, 4.69) is 9.98 Å². The quantitative estimate of drug-likeness (QED) is 0.903. The van der Waals surface area contributed by atoms with Gasteiger partial charge in [-0.15, -0.1) is 0 Å². The van der Waals surface area contributed by atoms with Crippen molar-refractivity contribution in [1.29, 1.82) is 0 Å². The van der Waals surface area contributed by atoms with Crippen molar-refractivity contribution >= 4 is 34.2 Å². The normalized spacial score (nSPS) is 17.3. The van der Waals surface area contributed by atoms with Crippen LogP contribution in [0.25, 0.3) is 0 Å². The number of hydrogen-bond acceptors (Lipinski definition) is 3. The summed E-state index contributed by atoms with van der Waals surface area (Å²) < 4.78 is 1.06. The van der Waals surface area contributed by atoms with Gasteiger partial charge < -0.3 is 0 Å². The molecule has 0 fully saturated rings. The summed E-state index contributed by atoms with van der Waals surface area (Å²) in [5.74, 6) is 0.278. The number of aliphatic imine (C=N–C) groups is 1. The highest BCUT2D eigenvalue weighted by atomic mass is 35.5. The van der Waals surface area contributed by atoms with Crippen LogP contribution in [0, 0.1) is 5.92 Å². The molecule has 23 heavy (non-hydrogen) atoms. The molecule has 1 unspecified atom stereocenters. The van der Waals surface area contributed by atoms with Gasteiger partial charge in [-0.3, -0.25) is 14.3 Å². The standard InChI is InChI=1S/C16H15Cl2N3O2/c1-21-15(22)12-7-4-10(8-9-2-5-11(17)6-3-9)13(18)19-14(12)20-16(21)23/h2-3,5-6,10H,4,7-8H2,1H3,(H,20,23). The fraction of sp³-hybridized carbons (Fsp3) is 0.312. The van der Waals surface area contributed by atoms with Gasteiger partial charge in [-0.2, -0.15) is 0 Å². The van der Waals surface area contributed by atoms with Crippen LogP contribution < -0.4 is 11.2 Å². The molecule has 0 amide bonds. The Morgan fingerprint density at radius 1 is 1.26 bits per heavy atom. The number of hydrogen-bond donors (Lipinski definition) is 1. The molecule has 1 aliphatic rings. The van der Waals surface area contributed by atoms with Gasteiger partial charge in [0.15, 0.2) is 0 Å². The summed E-state index contributed by atoms with van der Waals surface area (Å²) in [6.07, 6.45) is 1.92. The van der Waals surface area contributed by atoms with Gasteiger partial charge in [0, 0.05) is 18.0 Å². The third-order valence-corrected chi connectivity index (χ3v) is 4.72. The molecule has 2 aromatic rings. The number of nitrogens with zero attached hydrogens (tertiary/aromatic N) is 2. The van der Waals surface area contributed by atoms with Gasteiger partial charge in [0.2, 0.25) is 0 Å². The fourth-order valence-electron chi connectivity index (χ4n) is 2.70. The van der Waals surface area contributed by atoms with Crippen LogP contribution in [-0.4, -0.2) is 14.7 Å². The van der Waals surface area contributed by atoms with Crippen molar-refractivity contribution in [1.82, 2.24) is 9.55 Å². The minimum Gasteiger partial charge on any atom is -0.291 e. The van der Waals surface area contributed by atoms with Crippen molar-refractivity contribution < 1.29 is 0 Å². The van der Waals surface area contributed by atoms with Crippen LogP contribution in [0.2, 0.25) is 5.02 Å². The van der Waals surface area contributed by atoms with Gasteiger partial charge >= 0.3 is 5.69 Å². The van der Waals surface area contributed by atoms with Crippen LogP contribution in [-0.2, 0) is 19.9 Å². The predicted octanol–water partition coefficient (Wildman–Crippen LogP) is 2.80. The average molecular weight is 352 g/mol. The molecule has 0 saturated heterocycles. The lowest BCUT2D eigenvalue weighted by Crippen LogP contribution is -2.34. The van der Waals surface area contributed by atoms with E-state index in [0.717, 1.165) is 10.1 Å². The van der Waals surface area contributed by atoms with Crippen molar-refractivity contribution in [2.45, 2.75) is 19.3 Å². The summed E-state index contributed by atoms with van der Waals surface area (Å²) in [5.41, 5.74) is 0.797. The van der Waals surface area contributed by atoms with Crippen molar-refractivity contribution in [2.24, 2.45) is 18.0 Å². The Morgan fingerprint density at radius 2 is 1.96 bits per heavy atom. The van der Waals surface area contributed by atoms with Crippen LogP contribution in [0.4, 0.5) is 5.82 Å². The van der Waals surface area contributed by atoms with E-state index in [-0.39, 0.29) is 17.3 Å². The molecule has 120 valence electrons. The summed E-state index contributed by atoms with van der Waals surface area (Å²) >= 11 is 12.2. The van der Waals surface area contributed by atoms with E-state index in [0.29, 0.717) is 35.0 Å². The largest absolute Gasteiger partial charge is 0.329 e. The zero-order chi connectivity index (χ0) is 16.6. The van der Waals surface area contributed by atoms with E-state index in [4.69, 9.17) is 23.2 Å². The predicted molar refractivity (Wildman–Crippen MR) is 92.2 cm³/mol. The van der Waals surface area contributed by atoms with Gasteiger partial charge in [-0.1, -0.05) is 35.3 Å². The molecule has 3 rings (SSSR count).